The lowest BCUT2D eigenvalue weighted by Gasteiger charge is -2.11. The molecule has 11 heteroatoms. The fraction of sp³-hybridized carbons (Fsp3) is 0.167. The highest BCUT2D eigenvalue weighted by Crippen LogP contribution is 2.29. The molecule has 9 nitrogen and oxygen atoms in total. The average molecular weight is 514 g/mol. The zero-order valence-corrected chi connectivity index (χ0v) is 20.6. The monoisotopic (exact) mass is 513 g/mol. The van der Waals surface area contributed by atoms with Crippen LogP contribution in [0.2, 0.25) is 0 Å². The largest absolute Gasteiger partial charge is 0.496 e. The van der Waals surface area contributed by atoms with Gasteiger partial charge in [0, 0.05) is 12.1 Å². The maximum atomic E-state index is 12.9. The molecule has 0 spiro atoms. The van der Waals surface area contributed by atoms with E-state index < -0.39 is 10.0 Å². The maximum absolute atomic E-state index is 12.9. The third-order valence-corrected chi connectivity index (χ3v) is 7.19. The molecular weight excluding hydrogens is 490 g/mol. The van der Waals surface area contributed by atoms with Crippen LogP contribution in [0.3, 0.4) is 0 Å². The molecule has 4 rings (SSSR count). The summed E-state index contributed by atoms with van der Waals surface area (Å²) in [5.41, 5.74) is 1.97. The van der Waals surface area contributed by atoms with Gasteiger partial charge in [0.1, 0.15) is 17.0 Å². The SMILES string of the molecule is COc1ccccc1CNC(=O)CSc1nc2cc(S(=O)(=O)Nc3ccccc3OC)ccc2o1. The summed E-state index contributed by atoms with van der Waals surface area (Å²) in [6.45, 7) is 0.331. The number of hydrogen-bond acceptors (Lipinski definition) is 8. The molecule has 0 aliphatic heterocycles. The normalized spacial score (nSPS) is 11.3. The number of sulfonamides is 1. The van der Waals surface area contributed by atoms with Crippen molar-refractivity contribution in [3.8, 4) is 11.5 Å². The molecule has 35 heavy (non-hydrogen) atoms. The molecular formula is C24H23N3O6S2. The molecule has 1 amide bonds. The number of carbonyl (C=O) groups is 1. The van der Waals surface area contributed by atoms with Gasteiger partial charge in [-0.05, 0) is 36.4 Å². The topological polar surface area (TPSA) is 120 Å². The van der Waals surface area contributed by atoms with Crippen molar-refractivity contribution < 1.29 is 27.1 Å². The van der Waals surface area contributed by atoms with Crippen molar-refractivity contribution in [2.75, 3.05) is 24.7 Å². The number of benzene rings is 3. The van der Waals surface area contributed by atoms with Crippen LogP contribution in [0.5, 0.6) is 11.5 Å². The summed E-state index contributed by atoms with van der Waals surface area (Å²) in [7, 11) is -0.843. The molecule has 0 fully saturated rings. The van der Waals surface area contributed by atoms with Crippen LogP contribution in [0.25, 0.3) is 11.1 Å². The minimum atomic E-state index is -3.89. The van der Waals surface area contributed by atoms with Gasteiger partial charge in [0.05, 0.1) is 30.6 Å². The highest BCUT2D eigenvalue weighted by atomic mass is 32.2. The van der Waals surface area contributed by atoms with Gasteiger partial charge in [-0.3, -0.25) is 9.52 Å². The van der Waals surface area contributed by atoms with E-state index in [4.69, 9.17) is 13.9 Å². The highest BCUT2D eigenvalue weighted by Gasteiger charge is 2.19. The molecule has 0 saturated heterocycles. The Labute approximate surface area is 206 Å². The van der Waals surface area contributed by atoms with E-state index >= 15 is 0 Å². The van der Waals surface area contributed by atoms with Gasteiger partial charge >= 0.3 is 0 Å². The first kappa shape index (κ1) is 24.4. The number of thioether (sulfide) groups is 1. The fourth-order valence-electron chi connectivity index (χ4n) is 3.27. The van der Waals surface area contributed by atoms with Crippen molar-refractivity contribution >= 4 is 44.5 Å². The fourth-order valence-corrected chi connectivity index (χ4v) is 5.03. The van der Waals surface area contributed by atoms with Crippen LogP contribution >= 0.6 is 11.8 Å². The van der Waals surface area contributed by atoms with Crippen LogP contribution in [-0.4, -0.2) is 39.3 Å². The van der Waals surface area contributed by atoms with Crippen molar-refractivity contribution in [3.05, 3.63) is 72.3 Å². The van der Waals surface area contributed by atoms with E-state index in [-0.39, 0.29) is 21.8 Å². The van der Waals surface area contributed by atoms with E-state index in [1.165, 1.54) is 25.3 Å². The van der Waals surface area contributed by atoms with Crippen LogP contribution in [0.1, 0.15) is 5.56 Å². The van der Waals surface area contributed by atoms with Crippen LogP contribution in [0.15, 0.2) is 81.3 Å². The first-order valence-corrected chi connectivity index (χ1v) is 12.9. The smallest absolute Gasteiger partial charge is 0.262 e. The van der Waals surface area contributed by atoms with E-state index in [2.05, 4.69) is 15.0 Å². The number of aromatic nitrogens is 1. The summed E-state index contributed by atoms with van der Waals surface area (Å²) in [5.74, 6) is 0.988. The first-order chi connectivity index (χ1) is 16.9. The van der Waals surface area contributed by atoms with Gasteiger partial charge in [-0.25, -0.2) is 13.4 Å². The number of rotatable bonds is 10. The Balaban J connectivity index is 1.40. The molecule has 1 heterocycles. The number of amides is 1. The molecule has 0 radical (unpaired) electrons. The Morgan fingerprint density at radius 3 is 2.49 bits per heavy atom. The molecule has 182 valence electrons. The first-order valence-electron chi connectivity index (χ1n) is 10.5. The second-order valence-electron chi connectivity index (χ2n) is 7.29. The number of fused-ring (bicyclic) bond motifs is 1. The van der Waals surface area contributed by atoms with Crippen LogP contribution in [0.4, 0.5) is 5.69 Å². The Bertz CT molecular complexity index is 1450. The molecule has 4 aromatic rings. The van der Waals surface area contributed by atoms with Gasteiger partial charge in [-0.1, -0.05) is 42.1 Å². The predicted octanol–water partition coefficient (Wildman–Crippen LogP) is 4.05. The van der Waals surface area contributed by atoms with Gasteiger partial charge in [0.25, 0.3) is 15.2 Å². The van der Waals surface area contributed by atoms with Gasteiger partial charge in [0.15, 0.2) is 5.58 Å². The summed E-state index contributed by atoms with van der Waals surface area (Å²) in [4.78, 5) is 16.6. The van der Waals surface area contributed by atoms with E-state index in [9.17, 15) is 13.2 Å². The maximum Gasteiger partial charge on any atom is 0.262 e. The van der Waals surface area contributed by atoms with E-state index in [1.54, 1.807) is 31.4 Å². The summed E-state index contributed by atoms with van der Waals surface area (Å²) >= 11 is 1.12. The predicted molar refractivity (Wildman–Crippen MR) is 133 cm³/mol. The van der Waals surface area contributed by atoms with Crippen LogP contribution in [-0.2, 0) is 21.4 Å². The van der Waals surface area contributed by atoms with Gasteiger partial charge in [0.2, 0.25) is 5.91 Å². The zero-order valence-electron chi connectivity index (χ0n) is 19.0. The zero-order chi connectivity index (χ0) is 24.8. The molecule has 0 saturated carbocycles. The molecule has 0 unspecified atom stereocenters. The van der Waals surface area contributed by atoms with Crippen LogP contribution < -0.4 is 19.5 Å². The van der Waals surface area contributed by atoms with Crippen molar-refractivity contribution in [2.24, 2.45) is 0 Å². The van der Waals surface area contributed by atoms with Gasteiger partial charge in [-0.15, -0.1) is 0 Å². The number of ether oxygens (including phenoxy) is 2. The second kappa shape index (κ2) is 10.7. The average Bonchev–Trinajstić information content (AvgIpc) is 3.29. The van der Waals surface area contributed by atoms with E-state index in [0.29, 0.717) is 34.8 Å². The molecule has 0 bridgehead atoms. The van der Waals surface area contributed by atoms with E-state index in [1.807, 2.05) is 24.3 Å². The molecule has 2 N–H and O–H groups in total. The number of nitrogens with one attached hydrogen (secondary N) is 2. The summed E-state index contributed by atoms with van der Waals surface area (Å²) in [6, 6.07) is 18.5. The highest BCUT2D eigenvalue weighted by molar-refractivity contribution is 7.99. The third-order valence-electron chi connectivity index (χ3n) is 5.00. The number of nitrogens with zero attached hydrogens (tertiary/aromatic N) is 1. The molecule has 3 aromatic carbocycles. The lowest BCUT2D eigenvalue weighted by Crippen LogP contribution is -2.24. The van der Waals surface area contributed by atoms with E-state index in [0.717, 1.165) is 17.3 Å². The lowest BCUT2D eigenvalue weighted by atomic mass is 10.2. The number of para-hydroxylation sites is 3. The number of methoxy groups -OCH3 is 2. The molecule has 1 aromatic heterocycles. The third kappa shape index (κ3) is 5.87. The van der Waals surface area contributed by atoms with Crippen molar-refractivity contribution in [2.45, 2.75) is 16.7 Å². The van der Waals surface area contributed by atoms with Crippen molar-refractivity contribution in [1.29, 1.82) is 0 Å². The quantitative estimate of drug-likeness (QED) is 0.305. The standard InChI is InChI=1S/C24H23N3O6S2/c1-31-20-9-5-3-7-16(20)14-25-23(28)15-34-24-26-19-13-17(11-12-22(19)33-24)35(29,30)27-18-8-4-6-10-21(18)32-2/h3-13,27H,14-15H2,1-2H3,(H,25,28). The Morgan fingerprint density at radius 1 is 1.00 bits per heavy atom. The molecule has 0 aliphatic carbocycles. The number of hydrogen-bond donors (Lipinski definition) is 2. The van der Waals surface area contributed by atoms with Crippen molar-refractivity contribution in [1.82, 2.24) is 10.3 Å². The lowest BCUT2D eigenvalue weighted by molar-refractivity contribution is -0.118. The summed E-state index contributed by atoms with van der Waals surface area (Å²) in [6.07, 6.45) is 0. The second-order valence-corrected chi connectivity index (χ2v) is 9.90. The molecule has 0 atom stereocenters. The number of carbonyl (C=O) groups excluding carboxylic acids is 1. The van der Waals surface area contributed by atoms with Gasteiger partial charge < -0.3 is 19.2 Å². The number of oxazole rings is 1. The van der Waals surface area contributed by atoms with Crippen LogP contribution in [0, 0.1) is 0 Å². The number of anilines is 1. The van der Waals surface area contributed by atoms with Crippen molar-refractivity contribution in [3.63, 3.8) is 0 Å². The Morgan fingerprint density at radius 2 is 1.71 bits per heavy atom. The molecule has 0 aliphatic rings. The Hall–Kier alpha value is -3.70. The van der Waals surface area contributed by atoms with Gasteiger partial charge in [-0.2, -0.15) is 0 Å². The Kier molecular flexibility index (Phi) is 7.47. The minimum absolute atomic E-state index is 0.0234. The minimum Gasteiger partial charge on any atom is -0.496 e. The summed E-state index contributed by atoms with van der Waals surface area (Å²) in [5, 5.41) is 3.10. The summed E-state index contributed by atoms with van der Waals surface area (Å²) < 4.78 is 44.4.